The maximum Gasteiger partial charge on any atom is 0.247 e. The smallest absolute Gasteiger partial charge is 0.247 e. The third-order valence-corrected chi connectivity index (χ3v) is 4.17. The van der Waals surface area contributed by atoms with Crippen molar-refractivity contribution in [1.82, 2.24) is 19.5 Å². The highest BCUT2D eigenvalue weighted by Gasteiger charge is 2.10. The topological polar surface area (TPSA) is 72.7 Å². The zero-order chi connectivity index (χ0) is 17.8. The van der Waals surface area contributed by atoms with Crippen LogP contribution >= 0.6 is 0 Å². The minimum absolute atomic E-state index is 0.249. The maximum atomic E-state index is 11.5. The molecule has 1 atom stereocenters. The second-order valence-electron chi connectivity index (χ2n) is 6.10. The number of carbonyl (C=O) groups excluding carboxylic acids is 1. The molecule has 1 N–H and O–H groups in total. The van der Waals surface area contributed by atoms with Gasteiger partial charge in [0.05, 0.1) is 22.9 Å². The van der Waals surface area contributed by atoms with E-state index in [2.05, 4.69) is 35.7 Å². The van der Waals surface area contributed by atoms with E-state index in [4.69, 9.17) is 4.98 Å². The summed E-state index contributed by atoms with van der Waals surface area (Å²) in [6, 6.07) is 5.54. The predicted octanol–water partition coefficient (Wildman–Crippen LogP) is 3.53. The summed E-state index contributed by atoms with van der Waals surface area (Å²) in [7, 11) is 0. The van der Waals surface area contributed by atoms with Gasteiger partial charge in [-0.1, -0.05) is 26.8 Å². The van der Waals surface area contributed by atoms with E-state index in [1.807, 2.05) is 29.0 Å². The Morgan fingerprint density at radius 1 is 1.40 bits per heavy atom. The van der Waals surface area contributed by atoms with Crippen LogP contribution in [0.2, 0.25) is 0 Å². The average Bonchev–Trinajstić information content (AvgIpc) is 3.05. The highest BCUT2D eigenvalue weighted by atomic mass is 16.1. The zero-order valence-corrected chi connectivity index (χ0v) is 14.4. The molecular formula is C19H21N5O. The minimum Gasteiger partial charge on any atom is -0.322 e. The number of imidazole rings is 1. The Hall–Kier alpha value is -3.02. The minimum atomic E-state index is -0.249. The van der Waals surface area contributed by atoms with Crippen LogP contribution in [0.15, 0.2) is 49.6 Å². The van der Waals surface area contributed by atoms with Crippen molar-refractivity contribution in [3.05, 3.63) is 55.3 Å². The molecule has 0 aliphatic rings. The van der Waals surface area contributed by atoms with Crippen LogP contribution in [-0.2, 0) is 11.2 Å². The molecule has 0 aliphatic heterocycles. The molecule has 0 bridgehead atoms. The monoisotopic (exact) mass is 335 g/mol. The van der Waals surface area contributed by atoms with Gasteiger partial charge in [-0.15, -0.1) is 0 Å². The second-order valence-corrected chi connectivity index (χ2v) is 6.10. The first-order valence-corrected chi connectivity index (χ1v) is 8.32. The lowest BCUT2D eigenvalue weighted by Crippen LogP contribution is -2.07. The molecule has 0 unspecified atom stereocenters. The molecular weight excluding hydrogens is 314 g/mol. The molecule has 25 heavy (non-hydrogen) atoms. The van der Waals surface area contributed by atoms with Crippen LogP contribution < -0.4 is 5.32 Å². The highest BCUT2D eigenvalue weighted by Crippen LogP contribution is 2.21. The van der Waals surface area contributed by atoms with Gasteiger partial charge in [0, 0.05) is 11.9 Å². The molecule has 0 aliphatic carbocycles. The van der Waals surface area contributed by atoms with Crippen LogP contribution in [0, 0.1) is 5.92 Å². The van der Waals surface area contributed by atoms with Gasteiger partial charge in [-0.25, -0.2) is 9.97 Å². The number of hydrogen-bond acceptors (Lipinski definition) is 4. The summed E-state index contributed by atoms with van der Waals surface area (Å²) in [5.74, 6) is 1.03. The van der Waals surface area contributed by atoms with Gasteiger partial charge in [-0.3, -0.25) is 14.3 Å². The summed E-state index contributed by atoms with van der Waals surface area (Å²) in [6.45, 7) is 7.84. The first-order valence-electron chi connectivity index (χ1n) is 8.32. The molecule has 0 radical (unpaired) electrons. The molecule has 3 aromatic rings. The van der Waals surface area contributed by atoms with E-state index in [-0.39, 0.29) is 5.91 Å². The number of fused-ring (bicyclic) bond motifs is 1. The number of anilines is 1. The first-order chi connectivity index (χ1) is 12.1. The van der Waals surface area contributed by atoms with E-state index in [9.17, 15) is 4.79 Å². The lowest BCUT2D eigenvalue weighted by molar-refractivity contribution is -0.111. The molecule has 0 fully saturated rings. The summed E-state index contributed by atoms with van der Waals surface area (Å²) < 4.78 is 1.88. The van der Waals surface area contributed by atoms with Crippen molar-refractivity contribution < 1.29 is 4.79 Å². The van der Waals surface area contributed by atoms with Crippen LogP contribution in [0.4, 0.5) is 5.69 Å². The lowest BCUT2D eigenvalue weighted by Gasteiger charge is -2.09. The van der Waals surface area contributed by atoms with Crippen LogP contribution in [0.3, 0.4) is 0 Å². The van der Waals surface area contributed by atoms with Crippen molar-refractivity contribution in [2.45, 2.75) is 26.7 Å². The number of rotatable bonds is 6. The van der Waals surface area contributed by atoms with Crippen molar-refractivity contribution in [3.63, 3.8) is 0 Å². The van der Waals surface area contributed by atoms with E-state index in [1.54, 1.807) is 12.5 Å². The van der Waals surface area contributed by atoms with Crippen LogP contribution in [-0.4, -0.2) is 25.4 Å². The largest absolute Gasteiger partial charge is 0.322 e. The molecule has 2 heterocycles. The maximum absolute atomic E-state index is 11.5. The normalized spacial score (nSPS) is 12.1. The highest BCUT2D eigenvalue weighted by molar-refractivity contribution is 6.00. The number of aromatic nitrogens is 4. The Bertz CT molecular complexity index is 915. The molecule has 0 saturated carbocycles. The Morgan fingerprint density at radius 3 is 3.00 bits per heavy atom. The van der Waals surface area contributed by atoms with E-state index < -0.39 is 0 Å². The fraction of sp³-hybridized carbons (Fsp3) is 0.263. The van der Waals surface area contributed by atoms with Crippen molar-refractivity contribution in [2.24, 2.45) is 5.92 Å². The van der Waals surface area contributed by atoms with Gasteiger partial charge in [0.2, 0.25) is 5.91 Å². The quantitative estimate of drug-likeness (QED) is 0.700. The fourth-order valence-corrected chi connectivity index (χ4v) is 2.57. The predicted molar refractivity (Wildman–Crippen MR) is 98.6 cm³/mol. The van der Waals surface area contributed by atoms with Gasteiger partial charge in [0.1, 0.15) is 6.33 Å². The number of hydrogen-bond donors (Lipinski definition) is 1. The van der Waals surface area contributed by atoms with Crippen LogP contribution in [0.25, 0.3) is 16.9 Å². The summed E-state index contributed by atoms with van der Waals surface area (Å²) in [5.41, 5.74) is 3.33. The number of nitrogens with zero attached hydrogens (tertiary/aromatic N) is 4. The average molecular weight is 335 g/mol. The third-order valence-electron chi connectivity index (χ3n) is 4.17. The summed E-state index contributed by atoms with van der Waals surface area (Å²) in [6.07, 6.45) is 8.49. The number of nitrogens with one attached hydrogen (secondary N) is 1. The van der Waals surface area contributed by atoms with Gasteiger partial charge in [0.15, 0.2) is 5.82 Å². The molecule has 1 aromatic carbocycles. The summed E-state index contributed by atoms with van der Waals surface area (Å²) in [5, 5.41) is 2.76. The standard InChI is InChI=1S/C19H21N5O/c1-4-13(3)8-15-10-20-11-18(22-15)24-12-21-16-7-6-14(9-17(16)24)23-19(25)5-2/h5-7,9-13H,2,4,8H2,1,3H3,(H,23,25)/t13-/m1/s1. The Kier molecular flexibility index (Phi) is 4.88. The van der Waals surface area contributed by atoms with Gasteiger partial charge < -0.3 is 5.32 Å². The fourth-order valence-electron chi connectivity index (χ4n) is 2.57. The first kappa shape index (κ1) is 16.8. The second kappa shape index (κ2) is 7.25. The van der Waals surface area contributed by atoms with Gasteiger partial charge in [0.25, 0.3) is 0 Å². The van der Waals surface area contributed by atoms with Crippen LogP contribution in [0.1, 0.15) is 26.0 Å². The molecule has 0 spiro atoms. The molecule has 0 saturated heterocycles. The number of amides is 1. The molecule has 6 nitrogen and oxygen atoms in total. The Labute approximate surface area is 146 Å². The van der Waals surface area contributed by atoms with Crippen molar-refractivity contribution >= 4 is 22.6 Å². The molecule has 6 heteroatoms. The number of benzene rings is 1. The number of carbonyl (C=O) groups is 1. The lowest BCUT2D eigenvalue weighted by atomic mass is 10.0. The van der Waals surface area contributed by atoms with E-state index in [1.165, 1.54) is 6.08 Å². The molecule has 2 aromatic heterocycles. The van der Waals surface area contributed by atoms with Gasteiger partial charge in [-0.05, 0) is 36.6 Å². The van der Waals surface area contributed by atoms with E-state index in [0.29, 0.717) is 11.6 Å². The van der Waals surface area contributed by atoms with Crippen molar-refractivity contribution in [1.29, 1.82) is 0 Å². The van der Waals surface area contributed by atoms with Crippen molar-refractivity contribution in [3.8, 4) is 5.82 Å². The molecule has 128 valence electrons. The summed E-state index contributed by atoms with van der Waals surface area (Å²) in [4.78, 5) is 25.0. The van der Waals surface area contributed by atoms with Crippen LogP contribution in [0.5, 0.6) is 0 Å². The van der Waals surface area contributed by atoms with E-state index in [0.717, 1.165) is 35.4 Å². The molecule has 1 amide bonds. The SMILES string of the molecule is C=CC(=O)Nc1ccc2ncn(-c3cncc(C[C@H](C)CC)n3)c2c1. The molecule has 3 rings (SSSR count). The van der Waals surface area contributed by atoms with Gasteiger partial charge >= 0.3 is 0 Å². The zero-order valence-electron chi connectivity index (χ0n) is 14.4. The van der Waals surface area contributed by atoms with Gasteiger partial charge in [-0.2, -0.15) is 0 Å². The van der Waals surface area contributed by atoms with Crippen molar-refractivity contribution in [2.75, 3.05) is 5.32 Å². The Balaban J connectivity index is 1.98. The Morgan fingerprint density at radius 2 is 2.24 bits per heavy atom. The van der Waals surface area contributed by atoms with E-state index >= 15 is 0 Å². The summed E-state index contributed by atoms with van der Waals surface area (Å²) >= 11 is 0. The third kappa shape index (κ3) is 3.74.